The normalized spacial score (nSPS) is 11.3. The second kappa shape index (κ2) is 8.10. The topological polar surface area (TPSA) is 75.7 Å². The Morgan fingerprint density at radius 2 is 1.72 bits per heavy atom. The third kappa shape index (κ3) is 4.91. The van der Waals surface area contributed by atoms with Gasteiger partial charge in [0.05, 0.1) is 5.56 Å². The fourth-order valence-corrected chi connectivity index (χ4v) is 2.26. The zero-order chi connectivity index (χ0) is 18.4. The van der Waals surface area contributed by atoms with E-state index in [9.17, 15) is 14.4 Å². The van der Waals surface area contributed by atoms with Crippen molar-refractivity contribution in [2.75, 3.05) is 17.3 Å². The summed E-state index contributed by atoms with van der Waals surface area (Å²) < 4.78 is 5.26. The van der Waals surface area contributed by atoms with Crippen LogP contribution in [0.2, 0.25) is 0 Å². The molecule has 130 valence electrons. The van der Waals surface area contributed by atoms with E-state index >= 15 is 0 Å². The first-order chi connectivity index (χ1) is 11.9. The van der Waals surface area contributed by atoms with Crippen molar-refractivity contribution < 1.29 is 19.1 Å². The molecule has 0 saturated carbocycles. The molecule has 0 heterocycles. The zero-order valence-electron chi connectivity index (χ0n) is 14.4. The molecule has 0 aliphatic carbocycles. The zero-order valence-corrected chi connectivity index (χ0v) is 14.4. The summed E-state index contributed by atoms with van der Waals surface area (Å²) >= 11 is 0. The fraction of sp³-hybridized carbons (Fsp3) is 0.211. The number of para-hydroxylation sites is 1. The van der Waals surface area contributed by atoms with Gasteiger partial charge in [0.25, 0.3) is 5.91 Å². The summed E-state index contributed by atoms with van der Waals surface area (Å²) in [4.78, 5) is 37.2. The van der Waals surface area contributed by atoms with Crippen LogP contribution in [-0.4, -0.2) is 30.9 Å². The summed E-state index contributed by atoms with van der Waals surface area (Å²) in [5.74, 6) is -1.20. The molecule has 0 spiro atoms. The maximum atomic E-state index is 12.4. The van der Waals surface area contributed by atoms with Crippen molar-refractivity contribution in [2.45, 2.75) is 20.0 Å². The molecule has 0 radical (unpaired) electrons. The minimum Gasteiger partial charge on any atom is -0.449 e. The van der Waals surface area contributed by atoms with E-state index in [1.54, 1.807) is 37.4 Å². The lowest BCUT2D eigenvalue weighted by Crippen LogP contribution is -2.37. The van der Waals surface area contributed by atoms with Gasteiger partial charge < -0.3 is 15.0 Å². The SMILES string of the molecule is CC(=O)Nc1cccc(C(=O)O[C@@H](C)C(=O)N(C)c2ccccc2)c1. The van der Waals surface area contributed by atoms with Crippen molar-refractivity contribution in [3.63, 3.8) is 0 Å². The lowest BCUT2D eigenvalue weighted by Gasteiger charge is -2.21. The van der Waals surface area contributed by atoms with Gasteiger partial charge in [0.2, 0.25) is 5.91 Å². The Labute approximate surface area is 146 Å². The maximum absolute atomic E-state index is 12.4. The fourth-order valence-electron chi connectivity index (χ4n) is 2.26. The van der Waals surface area contributed by atoms with E-state index in [0.717, 1.165) is 0 Å². The molecular weight excluding hydrogens is 320 g/mol. The molecule has 0 unspecified atom stereocenters. The van der Waals surface area contributed by atoms with Gasteiger partial charge in [-0.3, -0.25) is 9.59 Å². The van der Waals surface area contributed by atoms with E-state index in [1.165, 1.54) is 24.8 Å². The van der Waals surface area contributed by atoms with Gasteiger partial charge in [0, 0.05) is 25.3 Å². The van der Waals surface area contributed by atoms with Gasteiger partial charge in [-0.2, -0.15) is 0 Å². The van der Waals surface area contributed by atoms with Gasteiger partial charge >= 0.3 is 5.97 Å². The molecule has 0 aliphatic rings. The van der Waals surface area contributed by atoms with E-state index in [2.05, 4.69) is 5.32 Å². The highest BCUT2D eigenvalue weighted by molar-refractivity contribution is 5.99. The largest absolute Gasteiger partial charge is 0.449 e. The summed E-state index contributed by atoms with van der Waals surface area (Å²) in [5.41, 5.74) is 1.46. The monoisotopic (exact) mass is 340 g/mol. The number of anilines is 2. The Bertz CT molecular complexity index is 774. The van der Waals surface area contributed by atoms with Crippen LogP contribution < -0.4 is 10.2 Å². The van der Waals surface area contributed by atoms with Crippen LogP contribution >= 0.6 is 0 Å². The van der Waals surface area contributed by atoms with Crippen LogP contribution in [0.1, 0.15) is 24.2 Å². The minimum absolute atomic E-state index is 0.237. The molecule has 6 nitrogen and oxygen atoms in total. The molecule has 0 aromatic heterocycles. The van der Waals surface area contributed by atoms with Crippen molar-refractivity contribution in [1.82, 2.24) is 0 Å². The van der Waals surface area contributed by atoms with E-state index in [4.69, 9.17) is 4.74 Å². The van der Waals surface area contributed by atoms with E-state index in [1.807, 2.05) is 18.2 Å². The van der Waals surface area contributed by atoms with Crippen molar-refractivity contribution in [1.29, 1.82) is 0 Å². The minimum atomic E-state index is -0.942. The first-order valence-corrected chi connectivity index (χ1v) is 7.79. The number of hydrogen-bond acceptors (Lipinski definition) is 4. The van der Waals surface area contributed by atoms with Crippen molar-refractivity contribution in [3.05, 3.63) is 60.2 Å². The molecule has 2 aromatic carbocycles. The molecule has 6 heteroatoms. The van der Waals surface area contributed by atoms with Crippen LogP contribution in [0.15, 0.2) is 54.6 Å². The lowest BCUT2D eigenvalue weighted by molar-refractivity contribution is -0.126. The van der Waals surface area contributed by atoms with Gasteiger partial charge in [0.1, 0.15) is 0 Å². The highest BCUT2D eigenvalue weighted by atomic mass is 16.5. The Morgan fingerprint density at radius 1 is 1.04 bits per heavy atom. The quantitative estimate of drug-likeness (QED) is 0.849. The number of nitrogens with zero attached hydrogens (tertiary/aromatic N) is 1. The second-order valence-corrected chi connectivity index (χ2v) is 5.54. The number of hydrogen-bond donors (Lipinski definition) is 1. The van der Waals surface area contributed by atoms with Crippen molar-refractivity contribution in [3.8, 4) is 0 Å². The standard InChI is InChI=1S/C19H20N2O4/c1-13(18(23)21(3)17-10-5-4-6-11-17)25-19(24)15-8-7-9-16(12-15)20-14(2)22/h4-13H,1-3H3,(H,20,22)/t13-/m0/s1. The van der Waals surface area contributed by atoms with Crippen LogP contribution in [0.3, 0.4) is 0 Å². The number of ether oxygens (including phenoxy) is 1. The molecular formula is C19H20N2O4. The predicted octanol–water partition coefficient (Wildman–Crippen LogP) is 2.85. The molecule has 25 heavy (non-hydrogen) atoms. The average Bonchev–Trinajstić information content (AvgIpc) is 2.60. The highest BCUT2D eigenvalue weighted by Gasteiger charge is 2.23. The number of carbonyl (C=O) groups is 3. The third-order valence-corrected chi connectivity index (χ3v) is 3.52. The second-order valence-electron chi connectivity index (χ2n) is 5.54. The molecule has 0 bridgehead atoms. The predicted molar refractivity (Wildman–Crippen MR) is 95.5 cm³/mol. The maximum Gasteiger partial charge on any atom is 0.338 e. The number of benzene rings is 2. The van der Waals surface area contributed by atoms with Gasteiger partial charge in [-0.1, -0.05) is 24.3 Å². The first-order valence-electron chi connectivity index (χ1n) is 7.79. The summed E-state index contributed by atoms with van der Waals surface area (Å²) in [6, 6.07) is 15.4. The summed E-state index contributed by atoms with van der Waals surface area (Å²) in [6.07, 6.45) is -0.942. The Morgan fingerprint density at radius 3 is 2.36 bits per heavy atom. The number of nitrogens with one attached hydrogen (secondary N) is 1. The van der Waals surface area contributed by atoms with E-state index in [-0.39, 0.29) is 17.4 Å². The third-order valence-electron chi connectivity index (χ3n) is 3.52. The van der Waals surface area contributed by atoms with Crippen LogP contribution in [0.25, 0.3) is 0 Å². The number of amides is 2. The number of likely N-dealkylation sites (N-methyl/N-ethyl adjacent to an activating group) is 1. The summed E-state index contributed by atoms with van der Waals surface area (Å²) in [6.45, 7) is 2.91. The van der Waals surface area contributed by atoms with Crippen LogP contribution in [0.4, 0.5) is 11.4 Å². The molecule has 0 fully saturated rings. The molecule has 2 aromatic rings. The van der Waals surface area contributed by atoms with Gasteiger partial charge in [-0.15, -0.1) is 0 Å². The smallest absolute Gasteiger partial charge is 0.338 e. The van der Waals surface area contributed by atoms with E-state index in [0.29, 0.717) is 11.4 Å². The van der Waals surface area contributed by atoms with Crippen molar-refractivity contribution >= 4 is 29.2 Å². The van der Waals surface area contributed by atoms with Gasteiger partial charge in [-0.05, 0) is 37.3 Å². The van der Waals surface area contributed by atoms with Crippen LogP contribution in [-0.2, 0) is 14.3 Å². The molecule has 0 saturated heterocycles. The molecule has 1 N–H and O–H groups in total. The number of rotatable bonds is 5. The number of carbonyl (C=O) groups excluding carboxylic acids is 3. The molecule has 2 amide bonds. The Hall–Kier alpha value is -3.15. The molecule has 0 aliphatic heterocycles. The Balaban J connectivity index is 2.04. The Kier molecular flexibility index (Phi) is 5.89. The summed E-state index contributed by atoms with van der Waals surface area (Å²) in [5, 5.41) is 2.59. The van der Waals surface area contributed by atoms with Gasteiger partial charge in [0.15, 0.2) is 6.10 Å². The first kappa shape index (κ1) is 18.2. The average molecular weight is 340 g/mol. The lowest BCUT2D eigenvalue weighted by atomic mass is 10.2. The number of esters is 1. The van der Waals surface area contributed by atoms with Crippen LogP contribution in [0, 0.1) is 0 Å². The molecule has 2 rings (SSSR count). The van der Waals surface area contributed by atoms with Gasteiger partial charge in [-0.25, -0.2) is 4.79 Å². The highest BCUT2D eigenvalue weighted by Crippen LogP contribution is 2.15. The summed E-state index contributed by atoms with van der Waals surface area (Å²) in [7, 11) is 1.62. The van der Waals surface area contributed by atoms with Crippen molar-refractivity contribution in [2.24, 2.45) is 0 Å². The van der Waals surface area contributed by atoms with E-state index < -0.39 is 12.1 Å². The van der Waals surface area contributed by atoms with Crippen LogP contribution in [0.5, 0.6) is 0 Å². The molecule has 1 atom stereocenters.